The van der Waals surface area contributed by atoms with Crippen LogP contribution in [0.4, 0.5) is 0 Å². The molecule has 1 atom stereocenters. The molecule has 0 aromatic heterocycles. The van der Waals surface area contributed by atoms with Gasteiger partial charge in [-0.15, -0.1) is 0 Å². The van der Waals surface area contributed by atoms with Crippen LogP contribution < -0.4 is 12.4 Å². The molecule has 0 aliphatic rings. The van der Waals surface area contributed by atoms with E-state index in [0.717, 1.165) is 12.8 Å². The predicted octanol–water partition coefficient (Wildman–Crippen LogP) is -1.34. The Kier molecular flexibility index (Phi) is 7.71. The first-order valence-electron chi connectivity index (χ1n) is 7.74. The van der Waals surface area contributed by atoms with Gasteiger partial charge in [-0.3, -0.25) is 9.59 Å². The predicted molar refractivity (Wildman–Crippen MR) is 69.2 cm³/mol. The Bertz CT molecular complexity index is 362. The van der Waals surface area contributed by atoms with Crippen LogP contribution in [0.3, 0.4) is 0 Å². The maximum Gasteiger partial charge on any atom is 0.307 e. The van der Waals surface area contributed by atoms with Crippen LogP contribution in [0.2, 0.25) is 0 Å². The van der Waals surface area contributed by atoms with Gasteiger partial charge < -0.3 is 26.7 Å². The van der Waals surface area contributed by atoms with Crippen LogP contribution in [0.15, 0.2) is 0 Å². The summed E-state index contributed by atoms with van der Waals surface area (Å²) >= 11 is 0. The molecule has 0 radical (unpaired) electrons. The van der Waals surface area contributed by atoms with Crippen molar-refractivity contribution in [2.75, 3.05) is 27.6 Å². The number of hydrogen-bond acceptors (Lipinski definition) is 3. The maximum atomic E-state index is 11.7. The minimum Gasteiger partial charge on any atom is -1.00 e. The molecule has 0 unspecified atom stereocenters. The Morgan fingerprint density at radius 2 is 2.00 bits per heavy atom. The van der Waals surface area contributed by atoms with E-state index in [-0.39, 0.29) is 25.4 Å². The third kappa shape index (κ3) is 13.4. The van der Waals surface area contributed by atoms with E-state index in [4.69, 9.17) is 14.0 Å². The first kappa shape index (κ1) is 14.6. The maximum absolute atomic E-state index is 11.7. The molecule has 0 rings (SSSR count). The molecule has 0 bridgehead atoms. The summed E-state index contributed by atoms with van der Waals surface area (Å²) in [5.41, 5.74) is 0. The molecule has 5 nitrogen and oxygen atoms in total. The van der Waals surface area contributed by atoms with Gasteiger partial charge in [0.15, 0.2) is 6.10 Å². The summed E-state index contributed by atoms with van der Waals surface area (Å²) < 4.78 is 27.1. The summed E-state index contributed by atoms with van der Waals surface area (Å²) in [5, 5.41) is 8.87. The zero-order valence-corrected chi connectivity index (χ0v) is 12.6. The normalized spacial score (nSPS) is 15.4. The van der Waals surface area contributed by atoms with Gasteiger partial charge >= 0.3 is 11.9 Å². The highest BCUT2D eigenvalue weighted by Gasteiger charge is 2.24. The third-order valence-corrected chi connectivity index (χ3v) is 2.34. The van der Waals surface area contributed by atoms with E-state index in [1.165, 1.54) is 14.1 Å². The van der Waals surface area contributed by atoms with Crippen molar-refractivity contribution in [1.82, 2.24) is 0 Å². The number of carbonyl (C=O) groups excluding carboxylic acids is 1. The van der Waals surface area contributed by atoms with E-state index in [0.29, 0.717) is 6.42 Å². The topological polar surface area (TPSA) is 63.6 Å². The minimum absolute atomic E-state index is 0. The zero-order chi connectivity index (χ0) is 16.7. The number of ether oxygens (including phenoxy) is 1. The first-order chi connectivity index (χ1) is 9.49. The smallest absolute Gasteiger partial charge is 0.307 e. The van der Waals surface area contributed by atoms with Crippen molar-refractivity contribution in [3.05, 3.63) is 0 Å². The van der Waals surface area contributed by atoms with Crippen molar-refractivity contribution in [2.24, 2.45) is 0 Å². The second-order valence-electron chi connectivity index (χ2n) is 5.03. The molecular formula is C13H26ClNO4. The number of likely N-dealkylation sites (N-methyl/N-ethyl adjacent to an activating group) is 1. The first-order valence-corrected chi connectivity index (χ1v) is 6.24. The molecule has 0 saturated heterocycles. The van der Waals surface area contributed by atoms with Crippen LogP contribution in [0.25, 0.3) is 0 Å². The summed E-state index contributed by atoms with van der Waals surface area (Å²) in [4.78, 5) is 22.5. The zero-order valence-electron chi connectivity index (χ0n) is 14.8. The second-order valence-corrected chi connectivity index (χ2v) is 5.03. The van der Waals surface area contributed by atoms with Crippen molar-refractivity contribution >= 4 is 11.9 Å². The van der Waals surface area contributed by atoms with Crippen molar-refractivity contribution in [3.63, 3.8) is 0 Å². The number of rotatable bonds is 9. The summed E-state index contributed by atoms with van der Waals surface area (Å²) in [6.07, 6.45) is 1.45. The molecule has 0 amide bonds. The molecule has 6 heteroatoms. The lowest BCUT2D eigenvalue weighted by molar-refractivity contribution is -0.873. The van der Waals surface area contributed by atoms with E-state index < -0.39 is 35.9 Å². The van der Waals surface area contributed by atoms with Crippen LogP contribution in [0.1, 0.15) is 43.1 Å². The van der Waals surface area contributed by atoms with Gasteiger partial charge in [-0.2, -0.15) is 0 Å². The van der Waals surface area contributed by atoms with Gasteiger partial charge in [0.05, 0.1) is 31.6 Å². The number of carboxylic acids is 1. The molecule has 0 spiro atoms. The summed E-state index contributed by atoms with van der Waals surface area (Å²) in [6.45, 7) is -0.359. The number of aliphatic carboxylic acids is 1. The van der Waals surface area contributed by atoms with E-state index >= 15 is 0 Å². The van der Waals surface area contributed by atoms with Gasteiger partial charge in [0.1, 0.15) is 6.54 Å². The van der Waals surface area contributed by atoms with E-state index in [1.807, 2.05) is 6.92 Å². The quantitative estimate of drug-likeness (QED) is 0.325. The average Bonchev–Trinajstić information content (AvgIpc) is 2.25. The lowest BCUT2D eigenvalue weighted by Crippen LogP contribution is -3.00. The Morgan fingerprint density at radius 1 is 1.37 bits per heavy atom. The van der Waals surface area contributed by atoms with Gasteiger partial charge in [0.25, 0.3) is 0 Å². The standard InChI is InChI=1S/C13H25NO4.ClH/c1-5-6-7-8-13(17)18-11(9-12(15)16)10-14(2,3)4;/h11H,5-10H2,1-4H3;1H/t11-;/m0./s1/i2D3;. The van der Waals surface area contributed by atoms with Gasteiger partial charge in [0.2, 0.25) is 0 Å². The molecule has 19 heavy (non-hydrogen) atoms. The van der Waals surface area contributed by atoms with Gasteiger partial charge in [0, 0.05) is 6.42 Å². The summed E-state index contributed by atoms with van der Waals surface area (Å²) in [5.74, 6) is -1.59. The van der Waals surface area contributed by atoms with Crippen LogP contribution in [0.5, 0.6) is 0 Å². The number of carbonyl (C=O) groups is 2. The highest BCUT2D eigenvalue weighted by atomic mass is 35.5. The number of hydrogen-bond donors (Lipinski definition) is 1. The van der Waals surface area contributed by atoms with Crippen LogP contribution in [-0.4, -0.2) is 55.2 Å². The number of nitrogens with zero attached hydrogens (tertiary/aromatic N) is 1. The highest BCUT2D eigenvalue weighted by Crippen LogP contribution is 2.08. The molecule has 0 heterocycles. The van der Waals surface area contributed by atoms with E-state index in [1.54, 1.807) is 0 Å². The summed E-state index contributed by atoms with van der Waals surface area (Å²) in [7, 11) is 2.93. The van der Waals surface area contributed by atoms with Gasteiger partial charge in [-0.05, 0) is 6.42 Å². The number of carboxylic acid groups (broad SMARTS) is 1. The van der Waals surface area contributed by atoms with Crippen LogP contribution >= 0.6 is 0 Å². The highest BCUT2D eigenvalue weighted by molar-refractivity contribution is 5.71. The van der Waals surface area contributed by atoms with Crippen molar-refractivity contribution in [2.45, 2.75) is 45.1 Å². The van der Waals surface area contributed by atoms with Gasteiger partial charge in [-0.25, -0.2) is 0 Å². The molecule has 114 valence electrons. The fourth-order valence-corrected chi connectivity index (χ4v) is 1.61. The molecule has 0 aromatic rings. The van der Waals surface area contributed by atoms with Crippen LogP contribution in [0, 0.1) is 0 Å². The fraction of sp³-hybridized carbons (Fsp3) is 0.846. The molecule has 0 aliphatic carbocycles. The number of esters is 1. The lowest BCUT2D eigenvalue weighted by Gasteiger charge is -2.28. The van der Waals surface area contributed by atoms with E-state index in [2.05, 4.69) is 0 Å². The Labute approximate surface area is 126 Å². The number of unbranched alkanes of at least 4 members (excludes halogenated alkanes) is 2. The van der Waals surface area contributed by atoms with Crippen molar-refractivity contribution in [3.8, 4) is 0 Å². The largest absolute Gasteiger partial charge is 1.00 e. The molecule has 1 N–H and O–H groups in total. The molecule has 0 aromatic carbocycles. The molecular weight excluding hydrogens is 270 g/mol. The monoisotopic (exact) mass is 298 g/mol. The SMILES string of the molecule is [2H]C([2H])([2H])[N+](C)(C)C[C@H](CC(=O)O)OC(=O)CCCCC.[Cl-]. The Hall–Kier alpha value is -0.810. The molecule has 0 fully saturated rings. The second kappa shape index (κ2) is 10.0. The average molecular weight is 299 g/mol. The fourth-order valence-electron chi connectivity index (χ4n) is 1.61. The van der Waals surface area contributed by atoms with Crippen molar-refractivity contribution < 1.29 is 40.4 Å². The van der Waals surface area contributed by atoms with E-state index in [9.17, 15) is 9.59 Å². The third-order valence-electron chi connectivity index (χ3n) is 2.34. The Morgan fingerprint density at radius 3 is 2.47 bits per heavy atom. The van der Waals surface area contributed by atoms with Crippen LogP contribution in [-0.2, 0) is 14.3 Å². The molecule has 0 aliphatic heterocycles. The van der Waals surface area contributed by atoms with Crippen molar-refractivity contribution in [1.29, 1.82) is 0 Å². The summed E-state index contributed by atoms with van der Waals surface area (Å²) in [6, 6.07) is 0. The van der Waals surface area contributed by atoms with Gasteiger partial charge in [-0.1, -0.05) is 19.8 Å². The molecule has 0 saturated carbocycles. The number of quaternary nitrogens is 1. The Balaban J connectivity index is 0. The number of halogens is 1. The minimum atomic E-state index is -2.30. The lowest BCUT2D eigenvalue weighted by atomic mass is 10.2.